The minimum Gasteiger partial charge on any atom is -0.372 e. The van der Waals surface area contributed by atoms with E-state index in [1.165, 1.54) is 0 Å². The maximum Gasteiger partial charge on any atom is 0.251 e. The van der Waals surface area contributed by atoms with E-state index in [1.807, 2.05) is 11.8 Å². The molecular formula is C11H22N2O2. The quantitative estimate of drug-likeness (QED) is 0.746. The lowest BCUT2D eigenvalue weighted by molar-refractivity contribution is -0.144. The van der Waals surface area contributed by atoms with Gasteiger partial charge < -0.3 is 15.0 Å². The first-order valence-corrected chi connectivity index (χ1v) is 5.74. The topological polar surface area (TPSA) is 41.6 Å². The van der Waals surface area contributed by atoms with Crippen LogP contribution in [0.25, 0.3) is 0 Å². The summed E-state index contributed by atoms with van der Waals surface area (Å²) >= 11 is 0. The molecule has 0 aromatic rings. The van der Waals surface area contributed by atoms with Crippen LogP contribution in [-0.2, 0) is 9.53 Å². The lowest BCUT2D eigenvalue weighted by Gasteiger charge is -2.37. The summed E-state index contributed by atoms with van der Waals surface area (Å²) in [5.74, 6) is 0.123. The van der Waals surface area contributed by atoms with E-state index in [9.17, 15) is 4.79 Å². The fraction of sp³-hybridized carbons (Fsp3) is 0.909. The average molecular weight is 214 g/mol. The van der Waals surface area contributed by atoms with Gasteiger partial charge in [-0.05, 0) is 13.3 Å². The molecule has 0 aromatic carbocycles. The van der Waals surface area contributed by atoms with Crippen molar-refractivity contribution in [2.24, 2.45) is 0 Å². The molecule has 1 fully saturated rings. The van der Waals surface area contributed by atoms with Crippen LogP contribution >= 0.6 is 0 Å². The molecule has 0 aromatic heterocycles. The Hall–Kier alpha value is -0.610. The Labute approximate surface area is 92.0 Å². The molecule has 2 unspecified atom stereocenters. The maximum absolute atomic E-state index is 12.0. The van der Waals surface area contributed by atoms with Crippen molar-refractivity contribution in [1.82, 2.24) is 10.2 Å². The number of hydrogen-bond donors (Lipinski definition) is 1. The molecule has 2 atom stereocenters. The summed E-state index contributed by atoms with van der Waals surface area (Å²) in [6.45, 7) is 6.57. The van der Waals surface area contributed by atoms with Crippen molar-refractivity contribution in [3.8, 4) is 0 Å². The molecule has 1 rings (SSSR count). The molecule has 88 valence electrons. The molecule has 0 radical (unpaired) electrons. The van der Waals surface area contributed by atoms with Crippen molar-refractivity contribution < 1.29 is 9.53 Å². The number of amides is 1. The van der Waals surface area contributed by atoms with Crippen LogP contribution in [0.4, 0.5) is 0 Å². The molecule has 1 aliphatic heterocycles. The van der Waals surface area contributed by atoms with Crippen LogP contribution < -0.4 is 5.32 Å². The lowest BCUT2D eigenvalue weighted by atomic mass is 10.1. The van der Waals surface area contributed by atoms with Crippen molar-refractivity contribution in [1.29, 1.82) is 0 Å². The van der Waals surface area contributed by atoms with Gasteiger partial charge in [0.1, 0.15) is 6.10 Å². The molecule has 0 saturated carbocycles. The molecule has 4 heteroatoms. The Morgan fingerprint density at radius 1 is 1.67 bits per heavy atom. The highest BCUT2D eigenvalue weighted by Gasteiger charge is 2.28. The predicted molar refractivity (Wildman–Crippen MR) is 59.7 cm³/mol. The molecular weight excluding hydrogens is 192 g/mol. The molecule has 15 heavy (non-hydrogen) atoms. The standard InChI is InChI=1S/C11H22N2O2/c1-4-5-10-8-12-6-7-13(10)11(14)9(2)15-3/h9-10,12H,4-8H2,1-3H3. The molecule has 0 bridgehead atoms. The van der Waals surface area contributed by atoms with Crippen molar-refractivity contribution in [3.63, 3.8) is 0 Å². The Kier molecular flexibility index (Phi) is 5.05. The van der Waals surface area contributed by atoms with E-state index in [4.69, 9.17) is 4.74 Å². The maximum atomic E-state index is 12.0. The van der Waals surface area contributed by atoms with Gasteiger partial charge in [0.15, 0.2) is 0 Å². The SMILES string of the molecule is CCCC1CNCCN1C(=O)C(C)OC. The van der Waals surface area contributed by atoms with Crippen LogP contribution in [0.3, 0.4) is 0 Å². The summed E-state index contributed by atoms with van der Waals surface area (Å²) in [5, 5.41) is 3.33. The largest absolute Gasteiger partial charge is 0.372 e. The molecule has 1 heterocycles. The van der Waals surface area contributed by atoms with Crippen LogP contribution in [0.1, 0.15) is 26.7 Å². The Balaban J connectivity index is 2.58. The normalized spacial score (nSPS) is 23.9. The number of methoxy groups -OCH3 is 1. The third-order valence-corrected chi connectivity index (χ3v) is 2.96. The minimum absolute atomic E-state index is 0.123. The number of nitrogens with zero attached hydrogens (tertiary/aromatic N) is 1. The number of rotatable bonds is 4. The van der Waals surface area contributed by atoms with Gasteiger partial charge in [-0.15, -0.1) is 0 Å². The van der Waals surface area contributed by atoms with Gasteiger partial charge in [0, 0.05) is 32.8 Å². The average Bonchev–Trinajstić information content (AvgIpc) is 2.28. The van der Waals surface area contributed by atoms with Crippen molar-refractivity contribution in [2.45, 2.75) is 38.8 Å². The number of nitrogens with one attached hydrogen (secondary N) is 1. The third-order valence-electron chi connectivity index (χ3n) is 2.96. The van der Waals surface area contributed by atoms with Crippen LogP contribution in [0.2, 0.25) is 0 Å². The second kappa shape index (κ2) is 6.08. The summed E-state index contributed by atoms with van der Waals surface area (Å²) in [6.07, 6.45) is 1.86. The number of piperazine rings is 1. The second-order valence-corrected chi connectivity index (χ2v) is 4.06. The van der Waals surface area contributed by atoms with Crippen molar-refractivity contribution >= 4 is 5.91 Å². The van der Waals surface area contributed by atoms with Gasteiger partial charge in [0.05, 0.1) is 0 Å². The molecule has 1 saturated heterocycles. The number of carbonyl (C=O) groups excluding carboxylic acids is 1. The number of hydrogen-bond acceptors (Lipinski definition) is 3. The fourth-order valence-corrected chi connectivity index (χ4v) is 1.98. The molecule has 1 aliphatic rings. The van der Waals surface area contributed by atoms with Gasteiger partial charge in [-0.3, -0.25) is 4.79 Å². The number of ether oxygens (including phenoxy) is 1. The fourth-order valence-electron chi connectivity index (χ4n) is 1.98. The van der Waals surface area contributed by atoms with Crippen molar-refractivity contribution in [3.05, 3.63) is 0 Å². The first kappa shape index (κ1) is 12.5. The summed E-state index contributed by atoms with van der Waals surface area (Å²) in [7, 11) is 1.58. The summed E-state index contributed by atoms with van der Waals surface area (Å²) in [6, 6.07) is 0.342. The second-order valence-electron chi connectivity index (χ2n) is 4.06. The van der Waals surface area contributed by atoms with Gasteiger partial charge in [-0.1, -0.05) is 13.3 Å². The van der Waals surface area contributed by atoms with Gasteiger partial charge in [0.2, 0.25) is 0 Å². The molecule has 4 nitrogen and oxygen atoms in total. The van der Waals surface area contributed by atoms with E-state index in [0.717, 1.165) is 32.5 Å². The highest BCUT2D eigenvalue weighted by atomic mass is 16.5. The third kappa shape index (κ3) is 3.18. The van der Waals surface area contributed by atoms with Crippen LogP contribution in [0, 0.1) is 0 Å². The zero-order valence-electron chi connectivity index (χ0n) is 9.95. The summed E-state index contributed by atoms with van der Waals surface area (Å²) in [4.78, 5) is 14.0. The van der Waals surface area contributed by atoms with Gasteiger partial charge >= 0.3 is 0 Å². The smallest absolute Gasteiger partial charge is 0.251 e. The van der Waals surface area contributed by atoms with E-state index in [1.54, 1.807) is 7.11 Å². The first-order valence-electron chi connectivity index (χ1n) is 5.74. The number of carbonyl (C=O) groups is 1. The van der Waals surface area contributed by atoms with E-state index in [-0.39, 0.29) is 12.0 Å². The zero-order chi connectivity index (χ0) is 11.3. The van der Waals surface area contributed by atoms with Gasteiger partial charge in [0.25, 0.3) is 5.91 Å². The molecule has 0 spiro atoms. The van der Waals surface area contributed by atoms with Gasteiger partial charge in [-0.25, -0.2) is 0 Å². The highest BCUT2D eigenvalue weighted by Crippen LogP contribution is 2.11. The van der Waals surface area contributed by atoms with Gasteiger partial charge in [-0.2, -0.15) is 0 Å². The van der Waals surface area contributed by atoms with Crippen molar-refractivity contribution in [2.75, 3.05) is 26.7 Å². The van der Waals surface area contributed by atoms with Crippen LogP contribution in [-0.4, -0.2) is 49.7 Å². The zero-order valence-corrected chi connectivity index (χ0v) is 9.95. The van der Waals surface area contributed by atoms with Crippen LogP contribution in [0.15, 0.2) is 0 Å². The lowest BCUT2D eigenvalue weighted by Crippen LogP contribution is -2.55. The molecule has 1 amide bonds. The Bertz CT molecular complexity index is 207. The van der Waals surface area contributed by atoms with E-state index < -0.39 is 0 Å². The molecule has 0 aliphatic carbocycles. The predicted octanol–water partition coefficient (Wildman–Crippen LogP) is 0.622. The summed E-state index contributed by atoms with van der Waals surface area (Å²) < 4.78 is 5.08. The van der Waals surface area contributed by atoms with Crippen LogP contribution in [0.5, 0.6) is 0 Å². The summed E-state index contributed by atoms with van der Waals surface area (Å²) in [5.41, 5.74) is 0. The Morgan fingerprint density at radius 2 is 2.40 bits per heavy atom. The molecule has 1 N–H and O–H groups in total. The highest BCUT2D eigenvalue weighted by molar-refractivity contribution is 5.81. The van der Waals surface area contributed by atoms with E-state index in [0.29, 0.717) is 6.04 Å². The minimum atomic E-state index is -0.317. The first-order chi connectivity index (χ1) is 7.20. The Morgan fingerprint density at radius 3 is 3.00 bits per heavy atom. The monoisotopic (exact) mass is 214 g/mol. The van der Waals surface area contributed by atoms with E-state index >= 15 is 0 Å². The van der Waals surface area contributed by atoms with E-state index in [2.05, 4.69) is 12.2 Å².